The molecular weight excluding hydrogens is 470 g/mol. The summed E-state index contributed by atoms with van der Waals surface area (Å²) in [4.78, 5) is 23.6. The summed E-state index contributed by atoms with van der Waals surface area (Å²) in [7, 11) is 0. The third-order valence-corrected chi connectivity index (χ3v) is 5.14. The number of carbonyl (C=O) groups excluding carboxylic acids is 2. The molecule has 6 nitrogen and oxygen atoms in total. The summed E-state index contributed by atoms with van der Waals surface area (Å²) in [5.74, 6) is -0.553. The van der Waals surface area contributed by atoms with Crippen LogP contribution in [0.4, 0.5) is 0 Å². The lowest BCUT2D eigenvalue weighted by atomic mass is 10.2. The van der Waals surface area contributed by atoms with Gasteiger partial charge in [-0.1, -0.05) is 58.5 Å². The molecule has 0 heterocycles. The highest BCUT2D eigenvalue weighted by Crippen LogP contribution is 2.22. The van der Waals surface area contributed by atoms with E-state index in [0.29, 0.717) is 44.1 Å². The van der Waals surface area contributed by atoms with Crippen LogP contribution in [0.15, 0.2) is 46.6 Å². The molecule has 0 saturated heterocycles. The molecule has 2 aromatic carbocycles. The topological polar surface area (TPSA) is 82.9 Å². The first-order valence-corrected chi connectivity index (χ1v) is 10.4. The molecule has 0 saturated carbocycles. The van der Waals surface area contributed by atoms with Gasteiger partial charge in [-0.25, -0.2) is 10.9 Å². The minimum absolute atomic E-state index is 0.222. The maximum absolute atomic E-state index is 11.8. The van der Waals surface area contributed by atoms with E-state index in [1.807, 2.05) is 0 Å². The molecule has 0 spiro atoms. The van der Waals surface area contributed by atoms with Crippen molar-refractivity contribution in [3.63, 3.8) is 0 Å². The number of amides is 2. The largest absolute Gasteiger partial charge is 0.273 e. The minimum atomic E-state index is -0.277. The average molecular weight is 488 g/mol. The molecule has 0 fully saturated rings. The Balaban J connectivity index is 1.66. The molecule has 0 atom stereocenters. The van der Waals surface area contributed by atoms with Crippen molar-refractivity contribution in [3.8, 4) is 0 Å². The molecule has 0 aromatic heterocycles. The lowest BCUT2D eigenvalue weighted by Gasteiger charge is -2.03. The van der Waals surface area contributed by atoms with Gasteiger partial charge in [0.15, 0.2) is 0 Å². The molecule has 30 heavy (non-hydrogen) atoms. The van der Waals surface area contributed by atoms with Gasteiger partial charge >= 0.3 is 0 Å². The van der Waals surface area contributed by atoms with Crippen molar-refractivity contribution < 1.29 is 9.59 Å². The van der Waals surface area contributed by atoms with Crippen LogP contribution in [0.5, 0.6) is 0 Å². The maximum atomic E-state index is 11.8. The lowest BCUT2D eigenvalue weighted by Crippen LogP contribution is -2.19. The molecule has 2 aromatic rings. The van der Waals surface area contributed by atoms with Crippen molar-refractivity contribution in [3.05, 3.63) is 67.6 Å². The first-order valence-electron chi connectivity index (χ1n) is 8.90. The van der Waals surface area contributed by atoms with Gasteiger partial charge in [0.2, 0.25) is 11.8 Å². The van der Waals surface area contributed by atoms with Crippen LogP contribution in [0.2, 0.25) is 20.1 Å². The summed E-state index contributed by atoms with van der Waals surface area (Å²) < 4.78 is 0. The van der Waals surface area contributed by atoms with Crippen LogP contribution in [-0.2, 0) is 9.59 Å². The molecule has 0 bridgehead atoms. The second-order valence-corrected chi connectivity index (χ2v) is 7.69. The normalized spacial score (nSPS) is 11.2. The Labute approximate surface area is 194 Å². The van der Waals surface area contributed by atoms with Gasteiger partial charge in [0, 0.05) is 24.0 Å². The summed E-state index contributed by atoms with van der Waals surface area (Å²) in [5.41, 5.74) is 5.85. The molecule has 0 aliphatic carbocycles. The Kier molecular flexibility index (Phi) is 10.1. The number of nitrogens with zero attached hydrogens (tertiary/aromatic N) is 2. The second kappa shape index (κ2) is 12.5. The van der Waals surface area contributed by atoms with Crippen LogP contribution in [0.3, 0.4) is 0 Å². The van der Waals surface area contributed by atoms with Crippen LogP contribution in [-0.4, -0.2) is 24.2 Å². The molecule has 158 valence electrons. The predicted octanol–water partition coefficient (Wildman–Crippen LogP) is 5.46. The average Bonchev–Trinajstić information content (AvgIpc) is 2.70. The van der Waals surface area contributed by atoms with Gasteiger partial charge in [-0.15, -0.1) is 0 Å². The van der Waals surface area contributed by atoms with Crippen molar-refractivity contribution in [1.82, 2.24) is 10.9 Å². The Morgan fingerprint density at radius 2 is 1.03 bits per heavy atom. The Bertz CT molecular complexity index is 846. The van der Waals surface area contributed by atoms with Crippen molar-refractivity contribution >= 4 is 70.6 Å². The lowest BCUT2D eigenvalue weighted by molar-refractivity contribution is -0.123. The fourth-order valence-electron chi connectivity index (χ4n) is 2.29. The van der Waals surface area contributed by atoms with E-state index in [4.69, 9.17) is 46.4 Å². The highest BCUT2D eigenvalue weighted by atomic mass is 35.5. The van der Waals surface area contributed by atoms with Gasteiger partial charge < -0.3 is 0 Å². The molecule has 0 unspecified atom stereocenters. The monoisotopic (exact) mass is 486 g/mol. The number of unbranched alkanes of at least 4 members (excludes halogenated alkanes) is 1. The third kappa shape index (κ3) is 7.95. The van der Waals surface area contributed by atoms with E-state index in [9.17, 15) is 9.59 Å². The molecule has 2 amide bonds. The number of carbonyl (C=O) groups is 2. The van der Waals surface area contributed by atoms with Crippen molar-refractivity contribution in [1.29, 1.82) is 0 Å². The Hall–Kier alpha value is -2.12. The summed E-state index contributed by atoms with van der Waals surface area (Å²) >= 11 is 24.1. The van der Waals surface area contributed by atoms with Crippen molar-refractivity contribution in [2.24, 2.45) is 10.2 Å². The predicted molar refractivity (Wildman–Crippen MR) is 123 cm³/mol. The SMILES string of the molecule is O=C(CCCCC(=O)N/N=C/c1c(Cl)cccc1Cl)N/N=C/c1c(Cl)cccc1Cl. The zero-order valence-electron chi connectivity index (χ0n) is 15.7. The molecule has 0 aliphatic rings. The van der Waals surface area contributed by atoms with Crippen LogP contribution in [0, 0.1) is 0 Å². The van der Waals surface area contributed by atoms with Gasteiger partial charge in [-0.2, -0.15) is 10.2 Å². The van der Waals surface area contributed by atoms with Crippen LogP contribution in [0.25, 0.3) is 0 Å². The second-order valence-electron chi connectivity index (χ2n) is 6.06. The number of hydrogen-bond acceptors (Lipinski definition) is 4. The number of rotatable bonds is 9. The molecule has 0 aliphatic heterocycles. The summed E-state index contributed by atoms with van der Waals surface area (Å²) in [6.45, 7) is 0. The van der Waals surface area contributed by atoms with Crippen LogP contribution >= 0.6 is 46.4 Å². The van der Waals surface area contributed by atoms with Gasteiger partial charge in [0.1, 0.15) is 0 Å². The summed E-state index contributed by atoms with van der Waals surface area (Å²) in [6, 6.07) is 10.1. The first kappa shape index (κ1) is 24.2. The highest BCUT2D eigenvalue weighted by Gasteiger charge is 2.05. The van der Waals surface area contributed by atoms with E-state index < -0.39 is 0 Å². The maximum Gasteiger partial charge on any atom is 0.240 e. The van der Waals surface area contributed by atoms with E-state index in [0.717, 1.165) is 0 Å². The number of hydrazone groups is 2. The van der Waals surface area contributed by atoms with E-state index in [2.05, 4.69) is 21.1 Å². The smallest absolute Gasteiger partial charge is 0.240 e. The highest BCUT2D eigenvalue weighted by molar-refractivity contribution is 6.39. The Morgan fingerprint density at radius 1 is 0.700 bits per heavy atom. The molecular formula is C20H18Cl4N4O2. The van der Waals surface area contributed by atoms with E-state index in [1.165, 1.54) is 12.4 Å². The zero-order valence-corrected chi connectivity index (χ0v) is 18.7. The number of hydrogen-bond donors (Lipinski definition) is 2. The molecule has 2 rings (SSSR count). The van der Waals surface area contributed by atoms with Gasteiger partial charge in [-0.05, 0) is 37.1 Å². The van der Waals surface area contributed by atoms with E-state index in [-0.39, 0.29) is 24.7 Å². The number of benzene rings is 2. The van der Waals surface area contributed by atoms with E-state index in [1.54, 1.807) is 36.4 Å². The van der Waals surface area contributed by atoms with Crippen LogP contribution < -0.4 is 10.9 Å². The zero-order chi connectivity index (χ0) is 21.9. The van der Waals surface area contributed by atoms with Crippen LogP contribution in [0.1, 0.15) is 36.8 Å². The first-order chi connectivity index (χ1) is 14.4. The minimum Gasteiger partial charge on any atom is -0.273 e. The molecule has 2 N–H and O–H groups in total. The third-order valence-electron chi connectivity index (χ3n) is 3.82. The number of halogens is 4. The quantitative estimate of drug-likeness (QED) is 0.279. The number of nitrogens with one attached hydrogen (secondary N) is 2. The Morgan fingerprint density at radius 3 is 1.37 bits per heavy atom. The fourth-order valence-corrected chi connectivity index (χ4v) is 3.28. The van der Waals surface area contributed by atoms with Gasteiger partial charge in [0.05, 0.1) is 32.5 Å². The van der Waals surface area contributed by atoms with Gasteiger partial charge in [-0.3, -0.25) is 9.59 Å². The standard InChI is InChI=1S/C20H18Cl4N4O2/c21-15-5-3-6-16(22)13(15)11-25-27-19(29)9-1-2-10-20(30)28-26-12-14-17(23)7-4-8-18(14)24/h3-8,11-12H,1-2,9-10H2,(H,27,29)(H,28,30)/b25-11+,26-12+. The molecule has 0 radical (unpaired) electrons. The van der Waals surface area contributed by atoms with Gasteiger partial charge in [0.25, 0.3) is 0 Å². The fraction of sp³-hybridized carbons (Fsp3) is 0.200. The summed E-state index contributed by atoms with van der Waals surface area (Å²) in [5, 5.41) is 9.44. The molecule has 10 heteroatoms. The van der Waals surface area contributed by atoms with Crippen molar-refractivity contribution in [2.75, 3.05) is 0 Å². The van der Waals surface area contributed by atoms with Crippen molar-refractivity contribution in [2.45, 2.75) is 25.7 Å². The summed E-state index contributed by atoms with van der Waals surface area (Å²) in [6.07, 6.45) is 4.25. The van der Waals surface area contributed by atoms with E-state index >= 15 is 0 Å².